The number of carbonyl (C=O) groups is 1. The van der Waals surface area contributed by atoms with Crippen LogP contribution in [0.25, 0.3) is 10.6 Å². The molecule has 0 aromatic carbocycles. The van der Waals surface area contributed by atoms with E-state index in [1.807, 2.05) is 19.1 Å². The fourth-order valence-corrected chi connectivity index (χ4v) is 5.13. The van der Waals surface area contributed by atoms with E-state index in [9.17, 15) is 9.18 Å². The molecule has 5 nitrogen and oxygen atoms in total. The van der Waals surface area contributed by atoms with Crippen LogP contribution in [0.1, 0.15) is 62.6 Å². The maximum atomic E-state index is 14.1. The molecule has 1 amide bonds. The van der Waals surface area contributed by atoms with Crippen molar-refractivity contribution in [1.82, 2.24) is 9.88 Å². The lowest BCUT2D eigenvalue weighted by Gasteiger charge is -2.29. The number of rotatable bonds is 7. The molecule has 2 heterocycles. The highest BCUT2D eigenvalue weighted by Crippen LogP contribution is 2.34. The highest BCUT2D eigenvalue weighted by molar-refractivity contribution is 7.14. The molecule has 7 heteroatoms. The lowest BCUT2D eigenvalue weighted by Crippen LogP contribution is -2.34. The van der Waals surface area contributed by atoms with Gasteiger partial charge in [0.05, 0.1) is 22.4 Å². The zero-order chi connectivity index (χ0) is 21.8. The molecule has 0 aliphatic heterocycles. The molecule has 2 fully saturated rings. The first-order valence-electron chi connectivity index (χ1n) is 11.3. The number of aromatic nitrogens is 1. The molecule has 0 radical (unpaired) electrons. The summed E-state index contributed by atoms with van der Waals surface area (Å²) in [6.07, 6.45) is 9.33. The highest BCUT2D eigenvalue weighted by Gasteiger charge is 2.23. The number of nitrogens with zero attached hydrogens (tertiary/aromatic N) is 2. The van der Waals surface area contributed by atoms with E-state index >= 15 is 0 Å². The van der Waals surface area contributed by atoms with Crippen molar-refractivity contribution >= 4 is 17.4 Å². The van der Waals surface area contributed by atoms with Crippen molar-refractivity contribution in [3.63, 3.8) is 0 Å². The Bertz CT molecular complexity index is 906. The average molecular weight is 447 g/mol. The summed E-state index contributed by atoms with van der Waals surface area (Å²) < 4.78 is 25.7. The Balaban J connectivity index is 1.41. The number of thiophene rings is 1. The van der Waals surface area contributed by atoms with Crippen molar-refractivity contribution in [2.24, 2.45) is 5.92 Å². The van der Waals surface area contributed by atoms with Crippen LogP contribution in [0.2, 0.25) is 0 Å². The maximum absolute atomic E-state index is 14.1. The number of hydrogen-bond donors (Lipinski definition) is 0. The van der Waals surface area contributed by atoms with Crippen molar-refractivity contribution < 1.29 is 18.7 Å². The summed E-state index contributed by atoms with van der Waals surface area (Å²) >= 11 is 1.03. The molecule has 2 aliphatic rings. The topological polar surface area (TPSA) is 51.7 Å². The molecular formula is C24H31FN2O3S. The van der Waals surface area contributed by atoms with Crippen molar-refractivity contribution in [3.05, 3.63) is 34.6 Å². The van der Waals surface area contributed by atoms with Crippen LogP contribution in [0, 0.1) is 18.0 Å². The van der Waals surface area contributed by atoms with E-state index in [1.165, 1.54) is 44.6 Å². The number of aryl methyl sites for hydroxylation is 1. The van der Waals surface area contributed by atoms with Crippen molar-refractivity contribution in [3.8, 4) is 16.3 Å². The largest absolute Gasteiger partial charge is 0.489 e. The summed E-state index contributed by atoms with van der Waals surface area (Å²) in [5.74, 6) is 1.37. The van der Waals surface area contributed by atoms with E-state index in [0.29, 0.717) is 28.6 Å². The predicted molar refractivity (Wildman–Crippen MR) is 120 cm³/mol. The van der Waals surface area contributed by atoms with Gasteiger partial charge in [0.25, 0.3) is 0 Å². The molecular weight excluding hydrogens is 415 g/mol. The summed E-state index contributed by atoms with van der Waals surface area (Å²) in [4.78, 5) is 19.3. The van der Waals surface area contributed by atoms with Gasteiger partial charge in [-0.1, -0.05) is 12.8 Å². The highest BCUT2D eigenvalue weighted by atomic mass is 32.1. The molecule has 4 rings (SSSR count). The second-order valence-electron chi connectivity index (χ2n) is 8.79. The van der Waals surface area contributed by atoms with Gasteiger partial charge < -0.3 is 14.4 Å². The van der Waals surface area contributed by atoms with Gasteiger partial charge in [-0.05, 0) is 69.6 Å². The molecule has 0 spiro atoms. The Morgan fingerprint density at radius 1 is 1.19 bits per heavy atom. The number of pyridine rings is 1. The average Bonchev–Trinajstić information content (AvgIpc) is 3.11. The molecule has 0 atom stereocenters. The van der Waals surface area contributed by atoms with Crippen molar-refractivity contribution in [1.29, 1.82) is 0 Å². The van der Waals surface area contributed by atoms with Crippen LogP contribution in [0.5, 0.6) is 5.75 Å². The fourth-order valence-electron chi connectivity index (χ4n) is 4.27. The van der Waals surface area contributed by atoms with Gasteiger partial charge in [-0.3, -0.25) is 0 Å². The second-order valence-corrected chi connectivity index (χ2v) is 9.80. The molecule has 0 saturated heterocycles. The van der Waals surface area contributed by atoms with Gasteiger partial charge >= 0.3 is 6.09 Å². The zero-order valence-corrected chi connectivity index (χ0v) is 19.2. The Kier molecular flexibility index (Phi) is 7.10. The SMILES string of the molecule is Cc1nc(-c2sc(F)cc2COC(=O)N(C)CC2CCC2)ccc1OC1CCCCC1. The lowest BCUT2D eigenvalue weighted by molar-refractivity contribution is 0.0932. The number of amides is 1. The molecule has 2 aromatic heterocycles. The Hall–Kier alpha value is -2.15. The smallest absolute Gasteiger partial charge is 0.409 e. The van der Waals surface area contributed by atoms with Gasteiger partial charge in [0.2, 0.25) is 0 Å². The number of halogens is 1. The minimum Gasteiger partial charge on any atom is -0.489 e. The Labute approximate surface area is 187 Å². The first kappa shape index (κ1) is 22.1. The molecule has 2 saturated carbocycles. The van der Waals surface area contributed by atoms with Gasteiger partial charge in [0.1, 0.15) is 12.4 Å². The second kappa shape index (κ2) is 9.98. The first-order valence-corrected chi connectivity index (χ1v) is 12.1. The van der Waals surface area contributed by atoms with E-state index in [4.69, 9.17) is 9.47 Å². The van der Waals surface area contributed by atoms with Gasteiger partial charge in [-0.15, -0.1) is 11.3 Å². The lowest BCUT2D eigenvalue weighted by atomic mass is 9.85. The maximum Gasteiger partial charge on any atom is 0.409 e. The van der Waals surface area contributed by atoms with Gasteiger partial charge in [-0.25, -0.2) is 9.78 Å². The zero-order valence-electron chi connectivity index (χ0n) is 18.4. The van der Waals surface area contributed by atoms with Gasteiger partial charge in [-0.2, -0.15) is 4.39 Å². The molecule has 0 bridgehead atoms. The van der Waals surface area contributed by atoms with E-state index < -0.39 is 0 Å². The van der Waals surface area contributed by atoms with E-state index in [1.54, 1.807) is 11.9 Å². The Morgan fingerprint density at radius 3 is 2.65 bits per heavy atom. The van der Waals surface area contributed by atoms with Crippen LogP contribution >= 0.6 is 11.3 Å². The molecule has 31 heavy (non-hydrogen) atoms. The Morgan fingerprint density at radius 2 is 1.97 bits per heavy atom. The van der Waals surface area contributed by atoms with Crippen LogP contribution in [0.4, 0.5) is 9.18 Å². The number of carbonyl (C=O) groups excluding carboxylic acids is 1. The van der Waals surface area contributed by atoms with Crippen LogP contribution < -0.4 is 4.74 Å². The summed E-state index contributed by atoms with van der Waals surface area (Å²) in [6.45, 7) is 2.66. The molecule has 0 unspecified atom stereocenters. The quantitative estimate of drug-likeness (QED) is 0.498. The van der Waals surface area contributed by atoms with Crippen molar-refractivity contribution in [2.45, 2.75) is 71.0 Å². The van der Waals surface area contributed by atoms with Crippen LogP contribution in [0.15, 0.2) is 18.2 Å². The molecule has 168 valence electrons. The fraction of sp³-hybridized carbons (Fsp3) is 0.583. The first-order chi connectivity index (χ1) is 15.0. The van der Waals surface area contributed by atoms with Crippen LogP contribution in [0.3, 0.4) is 0 Å². The van der Waals surface area contributed by atoms with Crippen LogP contribution in [-0.4, -0.2) is 35.7 Å². The predicted octanol–water partition coefficient (Wildman–Crippen LogP) is 6.34. The third kappa shape index (κ3) is 5.56. The van der Waals surface area contributed by atoms with Gasteiger partial charge in [0.15, 0.2) is 5.13 Å². The van der Waals surface area contributed by atoms with E-state index in [2.05, 4.69) is 4.98 Å². The summed E-state index contributed by atoms with van der Waals surface area (Å²) in [6, 6.07) is 5.22. The number of ether oxygens (including phenoxy) is 2. The van der Waals surface area contributed by atoms with Gasteiger partial charge in [0, 0.05) is 19.2 Å². The minimum absolute atomic E-state index is 0.0324. The third-order valence-electron chi connectivity index (χ3n) is 6.31. The van der Waals surface area contributed by atoms with Crippen LogP contribution in [-0.2, 0) is 11.3 Å². The monoisotopic (exact) mass is 446 g/mol. The third-order valence-corrected chi connectivity index (χ3v) is 7.30. The molecule has 2 aliphatic carbocycles. The number of hydrogen-bond acceptors (Lipinski definition) is 5. The normalized spacial score (nSPS) is 17.3. The van der Waals surface area contributed by atoms with E-state index in [0.717, 1.165) is 35.6 Å². The summed E-state index contributed by atoms with van der Waals surface area (Å²) in [7, 11) is 1.76. The summed E-state index contributed by atoms with van der Waals surface area (Å²) in [5, 5.41) is -0.314. The van der Waals surface area contributed by atoms with E-state index in [-0.39, 0.29) is 23.9 Å². The standard InChI is InChI=1S/C24H31FN2O3S/c1-16-21(30-19-9-4-3-5-10-19)12-11-20(26-16)23-18(13-22(25)31-23)15-29-24(28)27(2)14-17-7-6-8-17/h11-13,17,19H,3-10,14-15H2,1-2H3. The molecule has 2 aromatic rings. The minimum atomic E-state index is -0.371. The summed E-state index contributed by atoms with van der Waals surface area (Å²) in [5.41, 5.74) is 2.11. The van der Waals surface area contributed by atoms with Crippen molar-refractivity contribution in [2.75, 3.05) is 13.6 Å². The molecule has 0 N–H and O–H groups in total.